The average molecular weight is 474 g/mol. The van der Waals surface area contributed by atoms with Crippen LogP contribution >= 0.6 is 0 Å². The van der Waals surface area contributed by atoms with Crippen molar-refractivity contribution in [3.8, 4) is 0 Å². The highest BCUT2D eigenvalue weighted by molar-refractivity contribution is 5.73. The summed E-state index contributed by atoms with van der Waals surface area (Å²) in [4.78, 5) is 46.8. The van der Waals surface area contributed by atoms with E-state index < -0.39 is 54.5 Å². The third kappa shape index (κ3) is 11.5. The predicted molar refractivity (Wildman–Crippen MR) is 118 cm³/mol. The third-order valence-electron chi connectivity index (χ3n) is 5.10. The summed E-state index contributed by atoms with van der Waals surface area (Å²) in [6.07, 6.45) is 3.54. The van der Waals surface area contributed by atoms with Crippen LogP contribution in [0.15, 0.2) is 0 Å². The molecule has 1 heterocycles. The van der Waals surface area contributed by atoms with Gasteiger partial charge in [0, 0.05) is 34.3 Å². The topological polar surface area (TPSA) is 126 Å². The van der Waals surface area contributed by atoms with Gasteiger partial charge in [-0.25, -0.2) is 0 Å². The van der Waals surface area contributed by atoms with E-state index in [0.29, 0.717) is 6.61 Å². The van der Waals surface area contributed by atoms with Crippen LogP contribution in [0.1, 0.15) is 79.6 Å². The second-order valence-corrected chi connectivity index (χ2v) is 8.21. The number of carbonyl (C=O) groups is 4. The zero-order valence-corrected chi connectivity index (χ0v) is 20.4. The standard InChI is InChI=1S/C23H39NO9/c1-6-7-8-9-10-11-12-13-29-23-20(24-15(2)25)22(32-18(5)28)21(31-17(4)27)19(33-23)14-30-16(3)26/h19-23H,6-14H2,1-5H3,(H,24,25)/t19-,20-,21-,22-,23-/m1/s1. The van der Waals surface area contributed by atoms with Crippen molar-refractivity contribution in [2.24, 2.45) is 0 Å². The number of unbranched alkanes of at least 4 members (excludes halogenated alkanes) is 6. The monoisotopic (exact) mass is 473 g/mol. The summed E-state index contributed by atoms with van der Waals surface area (Å²) >= 11 is 0. The molecule has 1 aliphatic heterocycles. The fourth-order valence-electron chi connectivity index (χ4n) is 3.69. The molecule has 1 rings (SSSR count). The lowest BCUT2D eigenvalue weighted by Crippen LogP contribution is -2.66. The molecule has 1 N–H and O–H groups in total. The van der Waals surface area contributed by atoms with Crippen LogP contribution in [0.2, 0.25) is 0 Å². The first-order chi connectivity index (χ1) is 15.6. The highest BCUT2D eigenvalue weighted by Gasteiger charge is 2.51. The highest BCUT2D eigenvalue weighted by Crippen LogP contribution is 2.28. The van der Waals surface area contributed by atoms with Crippen LogP contribution in [-0.2, 0) is 42.9 Å². The summed E-state index contributed by atoms with van der Waals surface area (Å²) < 4.78 is 27.7. The number of hydrogen-bond acceptors (Lipinski definition) is 9. The maximum Gasteiger partial charge on any atom is 0.303 e. The van der Waals surface area contributed by atoms with Crippen molar-refractivity contribution in [1.29, 1.82) is 0 Å². The third-order valence-corrected chi connectivity index (χ3v) is 5.10. The van der Waals surface area contributed by atoms with E-state index in [1.54, 1.807) is 0 Å². The first-order valence-corrected chi connectivity index (χ1v) is 11.7. The minimum Gasteiger partial charge on any atom is -0.463 e. The number of carbonyl (C=O) groups excluding carboxylic acids is 4. The van der Waals surface area contributed by atoms with Crippen molar-refractivity contribution in [3.63, 3.8) is 0 Å². The molecule has 1 aliphatic rings. The molecule has 0 saturated carbocycles. The Hall–Kier alpha value is -2.20. The molecule has 0 radical (unpaired) electrons. The second-order valence-electron chi connectivity index (χ2n) is 8.21. The molecule has 33 heavy (non-hydrogen) atoms. The van der Waals surface area contributed by atoms with Gasteiger partial charge in [-0.1, -0.05) is 45.4 Å². The number of esters is 3. The van der Waals surface area contributed by atoms with Gasteiger partial charge in [0.1, 0.15) is 18.8 Å². The molecule has 0 aromatic carbocycles. The molecule has 10 nitrogen and oxygen atoms in total. The van der Waals surface area contributed by atoms with E-state index in [-0.39, 0.29) is 6.61 Å². The van der Waals surface area contributed by atoms with E-state index in [4.69, 9.17) is 23.7 Å². The van der Waals surface area contributed by atoms with E-state index in [0.717, 1.165) is 19.3 Å². The van der Waals surface area contributed by atoms with Crippen LogP contribution in [0.4, 0.5) is 0 Å². The summed E-state index contributed by atoms with van der Waals surface area (Å²) in [5.74, 6) is -2.22. The SMILES string of the molecule is CCCCCCCCCO[C@@H]1O[C@H](COC(C)=O)[C@@H](OC(C)=O)[C@H](OC(C)=O)[C@H]1NC(C)=O. The quantitative estimate of drug-likeness (QED) is 0.230. The smallest absolute Gasteiger partial charge is 0.303 e. The van der Waals surface area contributed by atoms with Crippen LogP contribution in [0.5, 0.6) is 0 Å². The van der Waals surface area contributed by atoms with Crippen LogP contribution in [-0.4, -0.2) is 67.7 Å². The number of amides is 1. The fourth-order valence-corrected chi connectivity index (χ4v) is 3.69. The lowest BCUT2D eigenvalue weighted by atomic mass is 9.96. The summed E-state index contributed by atoms with van der Waals surface area (Å²) in [6.45, 7) is 7.25. The average Bonchev–Trinajstić information content (AvgIpc) is 2.71. The lowest BCUT2D eigenvalue weighted by molar-refractivity contribution is -0.277. The largest absolute Gasteiger partial charge is 0.463 e. The van der Waals surface area contributed by atoms with Gasteiger partial charge in [-0.2, -0.15) is 0 Å². The molecule has 0 aromatic heterocycles. The maximum atomic E-state index is 11.9. The second kappa shape index (κ2) is 15.6. The Balaban J connectivity index is 2.95. The minimum absolute atomic E-state index is 0.241. The van der Waals surface area contributed by atoms with Crippen molar-refractivity contribution < 1.29 is 42.9 Å². The fraction of sp³-hybridized carbons (Fsp3) is 0.826. The van der Waals surface area contributed by atoms with Gasteiger partial charge in [0.15, 0.2) is 18.5 Å². The van der Waals surface area contributed by atoms with E-state index in [1.165, 1.54) is 53.4 Å². The lowest BCUT2D eigenvalue weighted by Gasteiger charge is -2.44. The molecule has 10 heteroatoms. The first-order valence-electron chi connectivity index (χ1n) is 11.7. The summed E-state index contributed by atoms with van der Waals surface area (Å²) in [5.41, 5.74) is 0. The Labute approximate surface area is 196 Å². The Morgan fingerprint density at radius 2 is 1.36 bits per heavy atom. The zero-order valence-electron chi connectivity index (χ0n) is 20.4. The molecule has 0 spiro atoms. The molecule has 0 aromatic rings. The number of rotatable bonds is 14. The summed E-state index contributed by atoms with van der Waals surface area (Å²) in [7, 11) is 0. The molecule has 0 aliphatic carbocycles. The molecule has 1 fully saturated rings. The van der Waals surface area contributed by atoms with Gasteiger partial charge >= 0.3 is 17.9 Å². The van der Waals surface area contributed by atoms with Crippen LogP contribution in [0, 0.1) is 0 Å². The van der Waals surface area contributed by atoms with Gasteiger partial charge in [0.2, 0.25) is 5.91 Å². The van der Waals surface area contributed by atoms with Crippen molar-refractivity contribution in [1.82, 2.24) is 5.32 Å². The highest BCUT2D eigenvalue weighted by atomic mass is 16.7. The van der Waals surface area contributed by atoms with E-state index in [2.05, 4.69) is 12.2 Å². The van der Waals surface area contributed by atoms with Crippen molar-refractivity contribution in [3.05, 3.63) is 0 Å². The normalized spacial score (nSPS) is 24.6. The van der Waals surface area contributed by atoms with Gasteiger partial charge < -0.3 is 29.0 Å². The van der Waals surface area contributed by atoms with Gasteiger partial charge in [0.25, 0.3) is 0 Å². The molecule has 1 amide bonds. The Morgan fingerprint density at radius 3 is 1.91 bits per heavy atom. The van der Waals surface area contributed by atoms with Gasteiger partial charge in [0.05, 0.1) is 0 Å². The van der Waals surface area contributed by atoms with Crippen molar-refractivity contribution >= 4 is 23.8 Å². The van der Waals surface area contributed by atoms with Crippen LogP contribution in [0.3, 0.4) is 0 Å². The summed E-state index contributed by atoms with van der Waals surface area (Å²) in [5, 5.41) is 2.69. The van der Waals surface area contributed by atoms with Gasteiger partial charge in [-0.15, -0.1) is 0 Å². The Bertz CT molecular complexity index is 639. The van der Waals surface area contributed by atoms with E-state index in [9.17, 15) is 19.2 Å². The van der Waals surface area contributed by atoms with Gasteiger partial charge in [-0.05, 0) is 6.42 Å². The van der Waals surface area contributed by atoms with Crippen molar-refractivity contribution in [2.45, 2.75) is 110 Å². The van der Waals surface area contributed by atoms with Crippen LogP contribution in [0.25, 0.3) is 0 Å². The number of ether oxygens (including phenoxy) is 5. The predicted octanol–water partition coefficient (Wildman–Crippen LogP) is 2.41. The van der Waals surface area contributed by atoms with Gasteiger partial charge in [-0.3, -0.25) is 19.2 Å². The van der Waals surface area contributed by atoms with E-state index >= 15 is 0 Å². The molecule has 5 atom stereocenters. The minimum atomic E-state index is -1.11. The van der Waals surface area contributed by atoms with Crippen molar-refractivity contribution in [2.75, 3.05) is 13.2 Å². The molecular formula is C23H39NO9. The van der Waals surface area contributed by atoms with Crippen LogP contribution < -0.4 is 5.32 Å². The maximum absolute atomic E-state index is 11.9. The molecule has 0 bridgehead atoms. The van der Waals surface area contributed by atoms with E-state index in [1.807, 2.05) is 0 Å². The summed E-state index contributed by atoms with van der Waals surface area (Å²) in [6, 6.07) is -0.922. The molecule has 0 unspecified atom stereocenters. The first kappa shape index (κ1) is 28.8. The number of hydrogen-bond donors (Lipinski definition) is 1. The zero-order chi connectivity index (χ0) is 24.8. The Morgan fingerprint density at radius 1 is 0.788 bits per heavy atom. The number of nitrogens with one attached hydrogen (secondary N) is 1. The molecule has 190 valence electrons. The molecule has 1 saturated heterocycles. The Kier molecular flexibility index (Phi) is 13.6. The molecular weight excluding hydrogens is 434 g/mol.